The van der Waals surface area contributed by atoms with Crippen molar-refractivity contribution >= 4 is 17.7 Å². The summed E-state index contributed by atoms with van der Waals surface area (Å²) in [7, 11) is 0. The van der Waals surface area contributed by atoms with E-state index in [1.165, 1.54) is 6.08 Å². The van der Waals surface area contributed by atoms with E-state index in [0.717, 1.165) is 0 Å². The fourth-order valence-electron chi connectivity index (χ4n) is 1.11. The van der Waals surface area contributed by atoms with Crippen LogP contribution in [0.5, 0.6) is 0 Å². The lowest BCUT2D eigenvalue weighted by atomic mass is 9.93. The number of carbonyl (C=O) groups excluding carboxylic acids is 1. The predicted molar refractivity (Wildman–Crippen MR) is 44.7 cm³/mol. The minimum absolute atomic E-state index is 0.0422. The fourth-order valence-corrected chi connectivity index (χ4v) is 1.27. The first kappa shape index (κ1) is 9.73. The molecule has 4 nitrogen and oxygen atoms in total. The zero-order valence-corrected chi connectivity index (χ0v) is 7.11. The number of thiol groups is 1. The molecule has 3 N–H and O–H groups in total. The van der Waals surface area contributed by atoms with Crippen molar-refractivity contribution in [3.8, 4) is 0 Å². The van der Waals surface area contributed by atoms with E-state index in [4.69, 9.17) is 15.3 Å². The van der Waals surface area contributed by atoms with Crippen LogP contribution in [0.1, 0.15) is 6.42 Å². The topological polar surface area (TPSA) is 77.8 Å². The first-order valence-electron chi connectivity index (χ1n) is 3.50. The monoisotopic (exact) mass is 190 g/mol. The number of hydrogen-bond donors (Lipinski definition) is 4. The highest BCUT2D eigenvalue weighted by Crippen LogP contribution is 2.20. The summed E-state index contributed by atoms with van der Waals surface area (Å²) in [5, 5.41) is 26.8. The first-order chi connectivity index (χ1) is 5.52. The molecule has 0 aromatic heterocycles. The van der Waals surface area contributed by atoms with Gasteiger partial charge in [-0.25, -0.2) is 0 Å². The van der Waals surface area contributed by atoms with Crippen LogP contribution in [-0.2, 0) is 4.79 Å². The lowest BCUT2D eigenvalue weighted by Gasteiger charge is -2.26. The molecule has 1 aliphatic rings. The van der Waals surface area contributed by atoms with Gasteiger partial charge in [0.2, 0.25) is 5.12 Å². The summed E-state index contributed by atoms with van der Waals surface area (Å²) in [6, 6.07) is 0. The molecule has 12 heavy (non-hydrogen) atoms. The molecule has 0 aromatic rings. The van der Waals surface area contributed by atoms with Gasteiger partial charge in [0.1, 0.15) is 12.2 Å². The standard InChI is InChI=1S/C7H10O4S/c8-4-1-3(7(11)12)2-5(9)6(4)10/h1,4-6,8-10H,2H2,(H,11,12). The smallest absolute Gasteiger partial charge is 0.212 e. The third-order valence-electron chi connectivity index (χ3n) is 1.82. The summed E-state index contributed by atoms with van der Waals surface area (Å²) >= 11 is 3.54. The predicted octanol–water partition coefficient (Wildman–Crippen LogP) is -1.14. The van der Waals surface area contributed by atoms with Crippen LogP contribution < -0.4 is 0 Å². The highest BCUT2D eigenvalue weighted by molar-refractivity contribution is 7.97. The van der Waals surface area contributed by atoms with Gasteiger partial charge in [-0.05, 0) is 6.08 Å². The number of rotatable bonds is 1. The summed E-state index contributed by atoms with van der Waals surface area (Å²) in [6.45, 7) is 0. The van der Waals surface area contributed by atoms with E-state index in [1.54, 1.807) is 0 Å². The lowest BCUT2D eigenvalue weighted by molar-refractivity contribution is -0.109. The van der Waals surface area contributed by atoms with Gasteiger partial charge in [0.05, 0.1) is 6.10 Å². The Morgan fingerprint density at radius 1 is 1.50 bits per heavy atom. The molecule has 0 saturated carbocycles. The van der Waals surface area contributed by atoms with Gasteiger partial charge in [0.25, 0.3) is 0 Å². The second kappa shape index (κ2) is 3.57. The number of aliphatic hydroxyl groups is 3. The van der Waals surface area contributed by atoms with Crippen molar-refractivity contribution in [3.63, 3.8) is 0 Å². The Labute approximate surface area is 74.9 Å². The molecule has 1 aliphatic carbocycles. The van der Waals surface area contributed by atoms with Crippen LogP contribution in [0, 0.1) is 0 Å². The number of aliphatic hydroxyl groups excluding tert-OH is 3. The van der Waals surface area contributed by atoms with Crippen molar-refractivity contribution in [1.29, 1.82) is 0 Å². The van der Waals surface area contributed by atoms with Crippen LogP contribution in [-0.4, -0.2) is 38.7 Å². The highest BCUT2D eigenvalue weighted by Gasteiger charge is 2.30. The number of carbonyl (C=O) groups is 1. The van der Waals surface area contributed by atoms with Crippen LogP contribution >= 0.6 is 12.6 Å². The van der Waals surface area contributed by atoms with Crippen molar-refractivity contribution in [1.82, 2.24) is 0 Å². The summed E-state index contributed by atoms with van der Waals surface area (Å²) in [5.74, 6) is 0. The SMILES string of the molecule is O=C(S)C1=CC(O)C(O)C(O)C1. The molecule has 5 heteroatoms. The maximum absolute atomic E-state index is 10.7. The molecule has 0 radical (unpaired) electrons. The normalized spacial score (nSPS) is 36.0. The highest BCUT2D eigenvalue weighted by atomic mass is 32.1. The van der Waals surface area contributed by atoms with E-state index in [-0.39, 0.29) is 12.0 Å². The minimum Gasteiger partial charge on any atom is -0.390 e. The zero-order valence-electron chi connectivity index (χ0n) is 6.21. The number of hydrogen-bond acceptors (Lipinski definition) is 4. The van der Waals surface area contributed by atoms with Gasteiger partial charge in [-0.3, -0.25) is 4.79 Å². The Balaban J connectivity index is 2.81. The molecule has 0 amide bonds. The molecule has 3 unspecified atom stereocenters. The molecule has 3 atom stereocenters. The summed E-state index contributed by atoms with van der Waals surface area (Å²) in [4.78, 5) is 10.7. The van der Waals surface area contributed by atoms with Crippen molar-refractivity contribution in [2.75, 3.05) is 0 Å². The van der Waals surface area contributed by atoms with Crippen LogP contribution in [0.2, 0.25) is 0 Å². The molecular formula is C7H10O4S. The summed E-state index contributed by atoms with van der Waals surface area (Å²) < 4.78 is 0. The Morgan fingerprint density at radius 2 is 2.08 bits per heavy atom. The Hall–Kier alpha value is -0.360. The largest absolute Gasteiger partial charge is 0.390 e. The van der Waals surface area contributed by atoms with Crippen LogP contribution in [0.25, 0.3) is 0 Å². The van der Waals surface area contributed by atoms with E-state index in [2.05, 4.69) is 12.6 Å². The summed E-state index contributed by atoms with van der Waals surface area (Å²) in [5.41, 5.74) is 0.239. The van der Waals surface area contributed by atoms with E-state index in [9.17, 15) is 4.79 Å². The lowest BCUT2D eigenvalue weighted by Crippen LogP contribution is -2.40. The quantitative estimate of drug-likeness (QED) is 0.394. The maximum Gasteiger partial charge on any atom is 0.212 e. The van der Waals surface area contributed by atoms with Gasteiger partial charge >= 0.3 is 0 Å². The Kier molecular flexibility index (Phi) is 2.89. The van der Waals surface area contributed by atoms with Crippen LogP contribution in [0.4, 0.5) is 0 Å². The molecule has 0 aliphatic heterocycles. The van der Waals surface area contributed by atoms with Gasteiger partial charge < -0.3 is 15.3 Å². The Morgan fingerprint density at radius 3 is 2.50 bits per heavy atom. The third kappa shape index (κ3) is 1.87. The van der Waals surface area contributed by atoms with Gasteiger partial charge in [0, 0.05) is 12.0 Å². The van der Waals surface area contributed by atoms with Gasteiger partial charge in [-0.2, -0.15) is 0 Å². The third-order valence-corrected chi connectivity index (χ3v) is 2.11. The fraction of sp³-hybridized carbons (Fsp3) is 0.571. The molecule has 68 valence electrons. The van der Waals surface area contributed by atoms with E-state index >= 15 is 0 Å². The minimum atomic E-state index is -1.21. The molecule has 0 bridgehead atoms. The van der Waals surface area contributed by atoms with Crippen molar-refractivity contribution in [2.24, 2.45) is 0 Å². The molecule has 0 heterocycles. The summed E-state index contributed by atoms with van der Waals surface area (Å²) in [6.07, 6.45) is -2.22. The second-order valence-corrected chi connectivity index (χ2v) is 3.16. The van der Waals surface area contributed by atoms with Crippen LogP contribution in [0.15, 0.2) is 11.6 Å². The van der Waals surface area contributed by atoms with Crippen molar-refractivity contribution in [2.45, 2.75) is 24.7 Å². The average molecular weight is 190 g/mol. The average Bonchev–Trinajstić information content (AvgIpc) is 1.99. The maximum atomic E-state index is 10.7. The van der Waals surface area contributed by atoms with Gasteiger partial charge in [-0.15, -0.1) is 12.6 Å². The van der Waals surface area contributed by atoms with Crippen molar-refractivity contribution in [3.05, 3.63) is 11.6 Å². The van der Waals surface area contributed by atoms with E-state index < -0.39 is 23.4 Å². The molecule has 0 saturated heterocycles. The molecule has 0 fully saturated rings. The van der Waals surface area contributed by atoms with E-state index in [1.807, 2.05) is 0 Å². The molecule has 0 spiro atoms. The first-order valence-corrected chi connectivity index (χ1v) is 3.95. The zero-order chi connectivity index (χ0) is 9.30. The van der Waals surface area contributed by atoms with Gasteiger partial charge in [0.15, 0.2) is 0 Å². The second-order valence-electron chi connectivity index (χ2n) is 2.75. The van der Waals surface area contributed by atoms with E-state index in [0.29, 0.717) is 0 Å². The molecule has 1 rings (SSSR count). The Bertz CT molecular complexity index is 225. The van der Waals surface area contributed by atoms with Gasteiger partial charge in [-0.1, -0.05) is 0 Å². The van der Waals surface area contributed by atoms with Crippen molar-refractivity contribution < 1.29 is 20.1 Å². The van der Waals surface area contributed by atoms with Crippen LogP contribution in [0.3, 0.4) is 0 Å². The molecular weight excluding hydrogens is 180 g/mol. The molecule has 0 aromatic carbocycles.